The largest absolute Gasteiger partial charge is 0.395 e. The monoisotopic (exact) mass is 262 g/mol. The van der Waals surface area contributed by atoms with E-state index in [9.17, 15) is 4.79 Å². The van der Waals surface area contributed by atoms with Gasteiger partial charge < -0.3 is 15.6 Å². The quantitative estimate of drug-likeness (QED) is 0.804. The molecule has 19 heavy (non-hydrogen) atoms. The summed E-state index contributed by atoms with van der Waals surface area (Å²) in [7, 11) is 1.72. The summed E-state index contributed by atoms with van der Waals surface area (Å²) in [6.07, 6.45) is 5.97. The molecule has 7 heteroatoms. The molecule has 1 amide bonds. The fourth-order valence-corrected chi connectivity index (χ4v) is 1.93. The molecule has 0 aromatic carbocycles. The van der Waals surface area contributed by atoms with Crippen molar-refractivity contribution in [2.24, 2.45) is 7.05 Å². The third-order valence-electron chi connectivity index (χ3n) is 2.93. The first-order valence-corrected chi connectivity index (χ1v) is 6.18. The number of hydrogen-bond donors (Lipinski definition) is 2. The minimum Gasteiger partial charge on any atom is -0.395 e. The van der Waals surface area contributed by atoms with Crippen LogP contribution >= 0.6 is 0 Å². The number of amides is 1. The van der Waals surface area contributed by atoms with Crippen LogP contribution in [0.1, 0.15) is 23.1 Å². The molecule has 2 rings (SSSR count). The van der Waals surface area contributed by atoms with Gasteiger partial charge >= 0.3 is 0 Å². The average molecular weight is 262 g/mol. The van der Waals surface area contributed by atoms with Crippen LogP contribution in [0, 0.1) is 0 Å². The molecule has 0 aliphatic rings. The van der Waals surface area contributed by atoms with E-state index < -0.39 is 0 Å². The zero-order valence-electron chi connectivity index (χ0n) is 11.1. The van der Waals surface area contributed by atoms with Crippen molar-refractivity contribution in [2.75, 3.05) is 12.3 Å². The Morgan fingerprint density at radius 1 is 1.53 bits per heavy atom. The van der Waals surface area contributed by atoms with Gasteiger partial charge in [-0.05, 0) is 6.42 Å². The Morgan fingerprint density at radius 3 is 2.89 bits per heavy atom. The first-order chi connectivity index (χ1) is 9.13. The summed E-state index contributed by atoms with van der Waals surface area (Å²) in [6, 6.07) is 0. The lowest BCUT2D eigenvalue weighted by atomic mass is 10.2. The molecule has 0 radical (unpaired) electrons. The lowest BCUT2D eigenvalue weighted by Gasteiger charge is -2.06. The summed E-state index contributed by atoms with van der Waals surface area (Å²) in [4.78, 5) is 16.0. The zero-order valence-corrected chi connectivity index (χ0v) is 11.1. The predicted molar refractivity (Wildman–Crippen MR) is 71.6 cm³/mol. The summed E-state index contributed by atoms with van der Waals surface area (Å²) in [5.41, 5.74) is 7.56. The van der Waals surface area contributed by atoms with E-state index in [2.05, 4.69) is 15.4 Å². The van der Waals surface area contributed by atoms with Gasteiger partial charge in [-0.3, -0.25) is 9.48 Å². The molecule has 0 spiro atoms. The van der Waals surface area contributed by atoms with Gasteiger partial charge in [0.2, 0.25) is 0 Å². The number of nitrogens with one attached hydrogen (secondary N) is 1. The molecule has 0 aliphatic heterocycles. The Bertz CT molecular complexity index is 557. The van der Waals surface area contributed by atoms with Gasteiger partial charge in [-0.2, -0.15) is 5.10 Å². The molecule has 2 aromatic rings. The van der Waals surface area contributed by atoms with Crippen LogP contribution in [0.3, 0.4) is 0 Å². The third kappa shape index (κ3) is 2.75. The van der Waals surface area contributed by atoms with Crippen LogP contribution < -0.4 is 11.1 Å². The Hall–Kier alpha value is -2.31. The van der Waals surface area contributed by atoms with Gasteiger partial charge in [0.15, 0.2) is 0 Å². The summed E-state index contributed by atoms with van der Waals surface area (Å²) in [5, 5.41) is 7.05. The van der Waals surface area contributed by atoms with E-state index in [4.69, 9.17) is 5.73 Å². The highest BCUT2D eigenvalue weighted by Crippen LogP contribution is 2.16. The van der Waals surface area contributed by atoms with E-state index in [1.165, 1.54) is 4.68 Å². The van der Waals surface area contributed by atoms with Crippen molar-refractivity contribution in [3.8, 4) is 0 Å². The average Bonchev–Trinajstić information content (AvgIpc) is 2.97. The predicted octanol–water partition coefficient (Wildman–Crippen LogP) is 0.191. The number of nitrogen functional groups attached to an aromatic ring is 1. The molecule has 0 saturated heterocycles. The molecular formula is C12H18N6O. The first-order valence-electron chi connectivity index (χ1n) is 6.18. The summed E-state index contributed by atoms with van der Waals surface area (Å²) in [6.45, 7) is 3.14. The van der Waals surface area contributed by atoms with E-state index in [1.54, 1.807) is 19.6 Å². The van der Waals surface area contributed by atoms with Crippen molar-refractivity contribution < 1.29 is 4.79 Å². The first kappa shape index (κ1) is 13.1. The molecular weight excluding hydrogens is 244 g/mol. The number of nitrogens with two attached hydrogens (primary N) is 1. The molecule has 0 unspecified atom stereocenters. The van der Waals surface area contributed by atoms with Gasteiger partial charge in [0.25, 0.3) is 5.91 Å². The minimum absolute atomic E-state index is 0.202. The number of rotatable bonds is 5. The second kappa shape index (κ2) is 5.55. The fourth-order valence-electron chi connectivity index (χ4n) is 1.93. The van der Waals surface area contributed by atoms with Gasteiger partial charge in [0.05, 0.1) is 17.7 Å². The van der Waals surface area contributed by atoms with Crippen molar-refractivity contribution in [3.05, 3.63) is 30.1 Å². The molecule has 0 bridgehead atoms. The Kier molecular flexibility index (Phi) is 3.84. The molecule has 2 aromatic heterocycles. The van der Waals surface area contributed by atoms with Crippen LogP contribution in [0.2, 0.25) is 0 Å². The Labute approximate surface area is 111 Å². The maximum atomic E-state index is 12.1. The van der Waals surface area contributed by atoms with E-state index in [0.717, 1.165) is 5.69 Å². The molecule has 7 nitrogen and oxygen atoms in total. The lowest BCUT2D eigenvalue weighted by Crippen LogP contribution is -2.29. The molecule has 0 saturated carbocycles. The number of imidazole rings is 1. The number of carbonyl (C=O) groups is 1. The molecule has 0 atom stereocenters. The number of nitrogens with zero attached hydrogens (tertiary/aromatic N) is 4. The second-order valence-electron chi connectivity index (χ2n) is 4.24. The highest BCUT2D eigenvalue weighted by molar-refractivity contribution is 5.97. The summed E-state index contributed by atoms with van der Waals surface area (Å²) in [5.74, 6) is -0.202. The minimum atomic E-state index is -0.202. The standard InChI is InChI=1S/C12H18N6O/c1-3-9-10(13)11(17(2)16-9)12(19)15-5-7-18-6-4-14-8-18/h4,6,8H,3,5,7,13H2,1-2H3,(H,15,19). The van der Waals surface area contributed by atoms with Crippen LogP contribution in [0.15, 0.2) is 18.7 Å². The van der Waals surface area contributed by atoms with Crippen LogP contribution in [-0.4, -0.2) is 31.8 Å². The topological polar surface area (TPSA) is 90.8 Å². The fraction of sp³-hybridized carbons (Fsp3) is 0.417. The number of hydrogen-bond acceptors (Lipinski definition) is 4. The normalized spacial score (nSPS) is 10.6. The number of aryl methyl sites for hydroxylation is 2. The molecule has 0 aliphatic carbocycles. The number of aromatic nitrogens is 4. The Balaban J connectivity index is 1.98. The molecule has 0 fully saturated rings. The van der Waals surface area contributed by atoms with Crippen molar-refractivity contribution in [2.45, 2.75) is 19.9 Å². The van der Waals surface area contributed by atoms with Crippen molar-refractivity contribution in [3.63, 3.8) is 0 Å². The van der Waals surface area contributed by atoms with Crippen molar-refractivity contribution in [1.82, 2.24) is 24.6 Å². The van der Waals surface area contributed by atoms with Gasteiger partial charge in [-0.25, -0.2) is 4.98 Å². The highest BCUT2D eigenvalue weighted by Gasteiger charge is 2.18. The van der Waals surface area contributed by atoms with Gasteiger partial charge in [0, 0.05) is 32.5 Å². The smallest absolute Gasteiger partial charge is 0.271 e. The summed E-state index contributed by atoms with van der Waals surface area (Å²) >= 11 is 0. The van der Waals surface area contributed by atoms with E-state index in [-0.39, 0.29) is 5.91 Å². The Morgan fingerprint density at radius 2 is 2.32 bits per heavy atom. The van der Waals surface area contributed by atoms with Gasteiger partial charge in [0.1, 0.15) is 5.69 Å². The van der Waals surface area contributed by atoms with Crippen LogP contribution in [0.4, 0.5) is 5.69 Å². The maximum absolute atomic E-state index is 12.1. The van der Waals surface area contributed by atoms with Crippen molar-refractivity contribution >= 4 is 11.6 Å². The highest BCUT2D eigenvalue weighted by atomic mass is 16.2. The second-order valence-corrected chi connectivity index (χ2v) is 4.24. The molecule has 2 heterocycles. The van der Waals surface area contributed by atoms with Crippen LogP contribution in [-0.2, 0) is 20.0 Å². The van der Waals surface area contributed by atoms with E-state index >= 15 is 0 Å². The third-order valence-corrected chi connectivity index (χ3v) is 2.93. The van der Waals surface area contributed by atoms with Crippen molar-refractivity contribution in [1.29, 1.82) is 0 Å². The van der Waals surface area contributed by atoms with Gasteiger partial charge in [-0.1, -0.05) is 6.92 Å². The summed E-state index contributed by atoms with van der Waals surface area (Å²) < 4.78 is 3.42. The van der Waals surface area contributed by atoms with Crippen LogP contribution in [0.5, 0.6) is 0 Å². The molecule has 3 N–H and O–H groups in total. The van der Waals surface area contributed by atoms with Gasteiger partial charge in [-0.15, -0.1) is 0 Å². The van der Waals surface area contributed by atoms with E-state index in [0.29, 0.717) is 30.9 Å². The molecule has 102 valence electrons. The SMILES string of the molecule is CCc1nn(C)c(C(=O)NCCn2ccnc2)c1N. The maximum Gasteiger partial charge on any atom is 0.271 e. The lowest BCUT2D eigenvalue weighted by molar-refractivity contribution is 0.0944. The zero-order chi connectivity index (χ0) is 13.8. The van der Waals surface area contributed by atoms with E-state index in [1.807, 2.05) is 17.7 Å². The number of anilines is 1. The number of carbonyl (C=O) groups excluding carboxylic acids is 1. The van der Waals surface area contributed by atoms with Crippen LogP contribution in [0.25, 0.3) is 0 Å².